The minimum Gasteiger partial charge on any atom is -0.381 e. The van der Waals surface area contributed by atoms with Crippen molar-refractivity contribution >= 4 is 0 Å². The molecular weight excluding hydrogens is 214 g/mol. The van der Waals surface area contributed by atoms with Gasteiger partial charge < -0.3 is 10.5 Å². The molecule has 2 N–H and O–H groups in total. The zero-order valence-electron chi connectivity index (χ0n) is 11.5. The lowest BCUT2D eigenvalue weighted by molar-refractivity contribution is 0.00261. The highest BCUT2D eigenvalue weighted by atomic mass is 16.5. The molecule has 4 heteroatoms. The van der Waals surface area contributed by atoms with Gasteiger partial charge in [-0.2, -0.15) is 0 Å². The van der Waals surface area contributed by atoms with Crippen LogP contribution in [0.3, 0.4) is 0 Å². The maximum absolute atomic E-state index is 6.00. The number of piperazine rings is 1. The second kappa shape index (κ2) is 5.22. The van der Waals surface area contributed by atoms with Crippen LogP contribution in [0.2, 0.25) is 0 Å². The minimum atomic E-state index is 0.255. The van der Waals surface area contributed by atoms with Crippen LogP contribution >= 0.6 is 0 Å². The van der Waals surface area contributed by atoms with E-state index in [1.54, 1.807) is 0 Å². The largest absolute Gasteiger partial charge is 0.381 e. The molecule has 2 unspecified atom stereocenters. The van der Waals surface area contributed by atoms with E-state index in [-0.39, 0.29) is 5.54 Å². The van der Waals surface area contributed by atoms with Crippen molar-refractivity contribution in [3.63, 3.8) is 0 Å². The number of ether oxygens (including phenoxy) is 1. The Bertz CT molecular complexity index is 251. The first-order valence-corrected chi connectivity index (χ1v) is 6.77. The Kier molecular flexibility index (Phi) is 4.08. The molecule has 4 nitrogen and oxygen atoms in total. The van der Waals surface area contributed by atoms with Gasteiger partial charge in [0.05, 0.1) is 6.61 Å². The van der Waals surface area contributed by atoms with Crippen LogP contribution < -0.4 is 5.73 Å². The van der Waals surface area contributed by atoms with Crippen LogP contribution in [0.5, 0.6) is 0 Å². The number of nitrogens with zero attached hydrogens (tertiary/aromatic N) is 2. The fourth-order valence-electron chi connectivity index (χ4n) is 3.06. The third kappa shape index (κ3) is 2.81. The number of likely N-dealkylation sites (N-methyl/N-ethyl adjacent to an activating group) is 1. The smallest absolute Gasteiger partial charge is 0.0510 e. The SMILES string of the molecule is CN1CCN(C(CN)C2CCOC2)CC1(C)C. The van der Waals surface area contributed by atoms with E-state index in [0.29, 0.717) is 12.0 Å². The van der Waals surface area contributed by atoms with Gasteiger partial charge in [0.15, 0.2) is 0 Å². The number of hydrogen-bond donors (Lipinski definition) is 1. The van der Waals surface area contributed by atoms with Crippen LogP contribution in [0, 0.1) is 5.92 Å². The highest BCUT2D eigenvalue weighted by molar-refractivity contribution is 4.93. The number of hydrogen-bond acceptors (Lipinski definition) is 4. The molecule has 2 aliphatic heterocycles. The van der Waals surface area contributed by atoms with Gasteiger partial charge in [-0.05, 0) is 27.3 Å². The predicted molar refractivity (Wildman–Crippen MR) is 70.1 cm³/mol. The molecule has 2 rings (SSSR count). The highest BCUT2D eigenvalue weighted by Gasteiger charge is 2.37. The van der Waals surface area contributed by atoms with E-state index >= 15 is 0 Å². The summed E-state index contributed by atoms with van der Waals surface area (Å²) in [4.78, 5) is 5.03. The lowest BCUT2D eigenvalue weighted by Gasteiger charge is -2.48. The first kappa shape index (κ1) is 13.3. The fraction of sp³-hybridized carbons (Fsp3) is 1.00. The van der Waals surface area contributed by atoms with Crippen molar-refractivity contribution in [3.05, 3.63) is 0 Å². The first-order valence-electron chi connectivity index (χ1n) is 6.77. The molecule has 0 spiro atoms. The molecule has 17 heavy (non-hydrogen) atoms. The van der Waals surface area contributed by atoms with Crippen molar-refractivity contribution in [1.82, 2.24) is 9.80 Å². The van der Waals surface area contributed by atoms with Gasteiger partial charge in [0.25, 0.3) is 0 Å². The van der Waals surface area contributed by atoms with Crippen LogP contribution in [0.1, 0.15) is 20.3 Å². The molecule has 2 fully saturated rings. The van der Waals surface area contributed by atoms with E-state index < -0.39 is 0 Å². The molecule has 0 aromatic heterocycles. The van der Waals surface area contributed by atoms with Crippen LogP contribution in [0.25, 0.3) is 0 Å². The topological polar surface area (TPSA) is 41.7 Å². The van der Waals surface area contributed by atoms with Gasteiger partial charge >= 0.3 is 0 Å². The molecule has 0 amide bonds. The normalized spacial score (nSPS) is 32.8. The molecule has 2 atom stereocenters. The summed E-state index contributed by atoms with van der Waals surface area (Å²) in [5, 5.41) is 0. The standard InChI is InChI=1S/C13H27N3O/c1-13(2)10-16(6-5-15(13)3)12(8-14)11-4-7-17-9-11/h11-12H,4-10,14H2,1-3H3. The number of rotatable bonds is 3. The second-order valence-electron chi connectivity index (χ2n) is 6.13. The lowest BCUT2D eigenvalue weighted by atomic mass is 9.92. The Labute approximate surface area is 105 Å². The second-order valence-corrected chi connectivity index (χ2v) is 6.13. The maximum atomic E-state index is 6.00. The summed E-state index contributed by atoms with van der Waals surface area (Å²) in [6.45, 7) is 10.6. The molecule has 0 saturated carbocycles. The van der Waals surface area contributed by atoms with Crippen LogP contribution in [0.15, 0.2) is 0 Å². The molecule has 0 radical (unpaired) electrons. The molecule has 0 aromatic rings. The average Bonchev–Trinajstić information content (AvgIpc) is 2.77. The van der Waals surface area contributed by atoms with Crippen LogP contribution in [-0.4, -0.2) is 67.8 Å². The Morgan fingerprint density at radius 1 is 1.41 bits per heavy atom. The van der Waals surface area contributed by atoms with Gasteiger partial charge in [0.1, 0.15) is 0 Å². The van der Waals surface area contributed by atoms with E-state index in [2.05, 4.69) is 30.7 Å². The van der Waals surface area contributed by atoms with Crippen molar-refractivity contribution < 1.29 is 4.74 Å². The van der Waals surface area contributed by atoms with Gasteiger partial charge in [-0.1, -0.05) is 0 Å². The summed E-state index contributed by atoms with van der Waals surface area (Å²) in [5.41, 5.74) is 6.25. The van der Waals surface area contributed by atoms with Crippen molar-refractivity contribution in [2.75, 3.05) is 46.4 Å². The molecule has 0 bridgehead atoms. The third-order valence-electron chi connectivity index (χ3n) is 4.57. The number of nitrogens with two attached hydrogens (primary N) is 1. The van der Waals surface area contributed by atoms with Gasteiger partial charge in [-0.3, -0.25) is 9.80 Å². The Morgan fingerprint density at radius 2 is 2.18 bits per heavy atom. The van der Waals surface area contributed by atoms with E-state index in [1.165, 1.54) is 6.42 Å². The molecule has 2 saturated heterocycles. The van der Waals surface area contributed by atoms with Crippen molar-refractivity contribution in [2.24, 2.45) is 11.7 Å². The highest BCUT2D eigenvalue weighted by Crippen LogP contribution is 2.26. The Morgan fingerprint density at radius 3 is 2.71 bits per heavy atom. The first-order chi connectivity index (χ1) is 8.04. The molecule has 0 aliphatic carbocycles. The van der Waals surface area contributed by atoms with Crippen LogP contribution in [-0.2, 0) is 4.74 Å². The van der Waals surface area contributed by atoms with E-state index in [4.69, 9.17) is 10.5 Å². The zero-order valence-corrected chi connectivity index (χ0v) is 11.5. The van der Waals surface area contributed by atoms with Crippen molar-refractivity contribution in [3.8, 4) is 0 Å². The summed E-state index contributed by atoms with van der Waals surface area (Å²) in [5.74, 6) is 0.638. The molecule has 2 aliphatic rings. The maximum Gasteiger partial charge on any atom is 0.0510 e. The monoisotopic (exact) mass is 241 g/mol. The molecule has 0 aromatic carbocycles. The Hall–Kier alpha value is -0.160. The third-order valence-corrected chi connectivity index (χ3v) is 4.57. The van der Waals surface area contributed by atoms with Gasteiger partial charge in [-0.15, -0.1) is 0 Å². The summed E-state index contributed by atoms with van der Waals surface area (Å²) >= 11 is 0. The zero-order chi connectivity index (χ0) is 12.5. The molecule has 2 heterocycles. The Balaban J connectivity index is 2.00. The van der Waals surface area contributed by atoms with Gasteiger partial charge in [0.2, 0.25) is 0 Å². The van der Waals surface area contributed by atoms with Gasteiger partial charge in [0, 0.05) is 50.3 Å². The van der Waals surface area contributed by atoms with E-state index in [0.717, 1.165) is 39.4 Å². The summed E-state index contributed by atoms with van der Waals surface area (Å²) in [6.07, 6.45) is 1.18. The van der Waals surface area contributed by atoms with E-state index in [9.17, 15) is 0 Å². The van der Waals surface area contributed by atoms with E-state index in [1.807, 2.05) is 0 Å². The quantitative estimate of drug-likeness (QED) is 0.775. The molecular formula is C13H27N3O. The summed E-state index contributed by atoms with van der Waals surface area (Å²) < 4.78 is 5.51. The fourth-order valence-corrected chi connectivity index (χ4v) is 3.06. The predicted octanol–water partition coefficient (Wildman–Crippen LogP) is 0.376. The van der Waals surface area contributed by atoms with Crippen LogP contribution in [0.4, 0.5) is 0 Å². The van der Waals surface area contributed by atoms with Crippen molar-refractivity contribution in [1.29, 1.82) is 0 Å². The summed E-state index contributed by atoms with van der Waals surface area (Å²) in [7, 11) is 2.22. The summed E-state index contributed by atoms with van der Waals surface area (Å²) in [6, 6.07) is 0.505. The lowest BCUT2D eigenvalue weighted by Crippen LogP contribution is -2.62. The van der Waals surface area contributed by atoms with Crippen molar-refractivity contribution in [2.45, 2.75) is 31.8 Å². The molecule has 100 valence electrons. The van der Waals surface area contributed by atoms with Gasteiger partial charge in [-0.25, -0.2) is 0 Å². The minimum absolute atomic E-state index is 0.255. The average molecular weight is 241 g/mol.